The van der Waals surface area contributed by atoms with Crippen LogP contribution in [0.15, 0.2) is 0 Å². The number of ether oxygens (including phenoxy) is 2. The van der Waals surface area contributed by atoms with Gasteiger partial charge in [0.25, 0.3) is 0 Å². The monoisotopic (exact) mass is 510 g/mol. The predicted octanol–water partition coefficient (Wildman–Crippen LogP) is 4.50. The smallest absolute Gasteiger partial charge is 0.410 e. The first-order valence-electron chi connectivity index (χ1n) is 13.0. The Bertz CT molecular complexity index is 763. The van der Waals surface area contributed by atoms with Crippen LogP contribution in [-0.4, -0.2) is 79.5 Å². The quantitative estimate of drug-likeness (QED) is 0.555. The van der Waals surface area contributed by atoms with Gasteiger partial charge >= 0.3 is 24.1 Å². The summed E-state index contributed by atoms with van der Waals surface area (Å²) in [5.41, 5.74) is -1.000. The zero-order valence-corrected chi connectivity index (χ0v) is 22.4. The van der Waals surface area contributed by atoms with Gasteiger partial charge in [0.1, 0.15) is 11.2 Å². The maximum absolute atomic E-state index is 12.1. The Morgan fingerprint density at radius 1 is 0.583 bits per heavy atom. The molecular weight excluding hydrogens is 468 g/mol. The molecule has 0 radical (unpaired) electrons. The molecule has 4 saturated heterocycles. The summed E-state index contributed by atoms with van der Waals surface area (Å²) in [5, 5.41) is 18.2. The van der Waals surface area contributed by atoms with Gasteiger partial charge in [0.05, 0.1) is 11.8 Å². The van der Waals surface area contributed by atoms with Gasteiger partial charge in [-0.15, -0.1) is 0 Å². The van der Waals surface area contributed by atoms with Crippen LogP contribution >= 0.6 is 0 Å². The number of piperidine rings is 2. The lowest BCUT2D eigenvalue weighted by Gasteiger charge is -2.38. The largest absolute Gasteiger partial charge is 0.481 e. The van der Waals surface area contributed by atoms with Crippen LogP contribution in [0.1, 0.15) is 92.9 Å². The first kappa shape index (κ1) is 28.1. The van der Waals surface area contributed by atoms with E-state index in [0.29, 0.717) is 25.7 Å². The molecule has 0 unspecified atom stereocenters. The first-order chi connectivity index (χ1) is 16.6. The van der Waals surface area contributed by atoms with E-state index in [1.54, 1.807) is 9.80 Å². The highest BCUT2D eigenvalue weighted by atomic mass is 16.6. The number of carboxylic acids is 2. The van der Waals surface area contributed by atoms with Crippen molar-refractivity contribution in [2.45, 2.75) is 128 Å². The van der Waals surface area contributed by atoms with Gasteiger partial charge < -0.3 is 29.5 Å². The third kappa shape index (κ3) is 6.82. The normalized spacial score (nSPS) is 31.3. The van der Waals surface area contributed by atoms with Crippen molar-refractivity contribution in [2.75, 3.05) is 0 Å². The van der Waals surface area contributed by atoms with Gasteiger partial charge in [-0.05, 0) is 92.9 Å². The molecule has 0 aromatic carbocycles. The number of fused-ring (bicyclic) bond motifs is 4. The SMILES string of the molecule is CC(C)(C)OC(=O)N1[C@@H]2CC[C@@H]1CC(C(=O)O)C2.CC(C)(C)OC(=O)N1[C@H]2CC[C@H]1CC(C(=O)O)C2. The molecule has 0 aromatic rings. The standard InChI is InChI=1S/2C13H21NO4/c2*1-13(2,3)18-12(17)14-9-4-5-10(14)7-8(6-9)11(15)16/h2*8-10H,4-7H2,1-3H3,(H,15,16)/t2*9-,10-/m10/s1. The fraction of sp³-hybridized carbons (Fsp3) is 0.846. The van der Waals surface area contributed by atoms with Gasteiger partial charge in [-0.2, -0.15) is 0 Å². The van der Waals surface area contributed by atoms with E-state index in [9.17, 15) is 19.2 Å². The summed E-state index contributed by atoms with van der Waals surface area (Å²) in [6.45, 7) is 11.1. The van der Waals surface area contributed by atoms with Gasteiger partial charge in [0.2, 0.25) is 0 Å². The number of hydrogen-bond donors (Lipinski definition) is 2. The Hall–Kier alpha value is -2.52. The third-order valence-electron chi connectivity index (χ3n) is 7.37. The first-order valence-corrected chi connectivity index (χ1v) is 13.0. The molecule has 4 rings (SSSR count). The minimum Gasteiger partial charge on any atom is -0.481 e. The van der Waals surface area contributed by atoms with Crippen molar-refractivity contribution < 1.29 is 38.9 Å². The molecule has 0 spiro atoms. The maximum Gasteiger partial charge on any atom is 0.410 e. The van der Waals surface area contributed by atoms with E-state index < -0.39 is 23.1 Å². The molecule has 2 N–H and O–H groups in total. The van der Waals surface area contributed by atoms with E-state index in [1.807, 2.05) is 41.5 Å². The van der Waals surface area contributed by atoms with Crippen LogP contribution in [0, 0.1) is 11.8 Å². The van der Waals surface area contributed by atoms with Gasteiger partial charge in [-0.1, -0.05) is 0 Å². The Morgan fingerprint density at radius 2 is 0.833 bits per heavy atom. The average Bonchev–Trinajstić information content (AvgIpc) is 3.14. The van der Waals surface area contributed by atoms with Crippen molar-refractivity contribution in [1.29, 1.82) is 0 Å². The molecule has 204 valence electrons. The molecule has 4 heterocycles. The maximum atomic E-state index is 12.1. The summed E-state index contributed by atoms with van der Waals surface area (Å²) < 4.78 is 10.8. The number of amides is 2. The number of carboxylic acid groups (broad SMARTS) is 2. The van der Waals surface area contributed by atoms with Crippen molar-refractivity contribution >= 4 is 24.1 Å². The number of carbonyl (C=O) groups is 4. The van der Waals surface area contributed by atoms with E-state index in [4.69, 9.17) is 19.7 Å². The van der Waals surface area contributed by atoms with Crippen molar-refractivity contribution in [3.63, 3.8) is 0 Å². The lowest BCUT2D eigenvalue weighted by molar-refractivity contribution is -0.145. The van der Waals surface area contributed by atoms with E-state index >= 15 is 0 Å². The molecule has 36 heavy (non-hydrogen) atoms. The highest BCUT2D eigenvalue weighted by Crippen LogP contribution is 2.40. The van der Waals surface area contributed by atoms with Crippen LogP contribution in [0.25, 0.3) is 0 Å². The van der Waals surface area contributed by atoms with Crippen LogP contribution < -0.4 is 0 Å². The summed E-state index contributed by atoms with van der Waals surface area (Å²) in [6.07, 6.45) is 5.24. The fourth-order valence-electron chi connectivity index (χ4n) is 5.98. The Morgan fingerprint density at radius 3 is 1.03 bits per heavy atom. The lowest BCUT2D eigenvalue weighted by atomic mass is 9.91. The van der Waals surface area contributed by atoms with Gasteiger partial charge in [0.15, 0.2) is 0 Å². The lowest BCUT2D eigenvalue weighted by Crippen LogP contribution is -2.49. The number of rotatable bonds is 2. The van der Waals surface area contributed by atoms with Crippen LogP contribution in [-0.2, 0) is 19.1 Å². The molecule has 4 aliphatic rings. The molecule has 0 aliphatic carbocycles. The van der Waals surface area contributed by atoms with Crippen LogP contribution in [0.2, 0.25) is 0 Å². The van der Waals surface area contributed by atoms with E-state index in [-0.39, 0.29) is 48.2 Å². The molecule has 4 bridgehead atoms. The van der Waals surface area contributed by atoms with Gasteiger partial charge in [0, 0.05) is 24.2 Å². The van der Waals surface area contributed by atoms with Crippen molar-refractivity contribution in [2.24, 2.45) is 11.8 Å². The highest BCUT2D eigenvalue weighted by molar-refractivity contribution is 5.74. The second kappa shape index (κ2) is 10.5. The second-order valence-corrected chi connectivity index (χ2v) is 12.6. The zero-order valence-electron chi connectivity index (χ0n) is 22.4. The fourth-order valence-corrected chi connectivity index (χ4v) is 5.98. The van der Waals surface area contributed by atoms with Gasteiger partial charge in [-0.3, -0.25) is 9.59 Å². The minimum absolute atomic E-state index is 0.0414. The molecule has 0 aromatic heterocycles. The zero-order chi connectivity index (χ0) is 27.0. The van der Waals surface area contributed by atoms with Crippen LogP contribution in [0.5, 0.6) is 0 Å². The molecule has 4 atom stereocenters. The molecule has 10 nitrogen and oxygen atoms in total. The average molecular weight is 511 g/mol. The predicted molar refractivity (Wildman–Crippen MR) is 130 cm³/mol. The summed E-state index contributed by atoms with van der Waals surface area (Å²) in [4.78, 5) is 49.8. The van der Waals surface area contributed by atoms with Crippen LogP contribution in [0.3, 0.4) is 0 Å². The molecular formula is C26H42N2O8. The Labute approximate surface area is 213 Å². The molecule has 0 saturated carbocycles. The summed E-state index contributed by atoms with van der Waals surface area (Å²) in [5.74, 6) is -2.09. The Balaban J connectivity index is 0.000000201. The van der Waals surface area contributed by atoms with Crippen molar-refractivity contribution in [1.82, 2.24) is 9.80 Å². The minimum atomic E-state index is -0.740. The Kier molecular flexibility index (Phi) is 8.15. The van der Waals surface area contributed by atoms with E-state index in [0.717, 1.165) is 25.7 Å². The number of hydrogen-bond acceptors (Lipinski definition) is 6. The molecule has 4 fully saturated rings. The molecule has 4 aliphatic heterocycles. The summed E-state index contributed by atoms with van der Waals surface area (Å²) in [7, 11) is 0. The van der Waals surface area contributed by atoms with Gasteiger partial charge in [-0.25, -0.2) is 9.59 Å². The highest BCUT2D eigenvalue weighted by Gasteiger charge is 2.47. The van der Waals surface area contributed by atoms with E-state index in [1.165, 1.54) is 0 Å². The molecule has 10 heteroatoms. The third-order valence-corrected chi connectivity index (χ3v) is 7.37. The summed E-state index contributed by atoms with van der Waals surface area (Å²) in [6, 6.07) is 0.166. The summed E-state index contributed by atoms with van der Waals surface area (Å²) >= 11 is 0. The van der Waals surface area contributed by atoms with E-state index in [2.05, 4.69) is 0 Å². The number of aliphatic carboxylic acids is 2. The molecule has 2 amide bonds. The second-order valence-electron chi connectivity index (χ2n) is 12.6. The van der Waals surface area contributed by atoms with Crippen molar-refractivity contribution in [3.05, 3.63) is 0 Å². The number of carbonyl (C=O) groups excluding carboxylic acids is 2. The topological polar surface area (TPSA) is 134 Å². The van der Waals surface area contributed by atoms with Crippen LogP contribution in [0.4, 0.5) is 9.59 Å². The number of nitrogens with zero attached hydrogens (tertiary/aromatic N) is 2. The van der Waals surface area contributed by atoms with Crippen molar-refractivity contribution in [3.8, 4) is 0 Å².